The van der Waals surface area contributed by atoms with Crippen molar-refractivity contribution in [3.63, 3.8) is 0 Å². The van der Waals surface area contributed by atoms with Crippen LogP contribution in [0.4, 0.5) is 4.79 Å². The summed E-state index contributed by atoms with van der Waals surface area (Å²) in [6, 6.07) is 5.43. The van der Waals surface area contributed by atoms with Gasteiger partial charge in [-0.15, -0.1) is 5.10 Å². The molecule has 0 bridgehead atoms. The van der Waals surface area contributed by atoms with Crippen LogP contribution in [0.25, 0.3) is 5.69 Å². The lowest BCUT2D eigenvalue weighted by Crippen LogP contribution is -2.33. The first kappa shape index (κ1) is 22.0. The van der Waals surface area contributed by atoms with Gasteiger partial charge in [0.25, 0.3) is 0 Å². The average Bonchev–Trinajstić information content (AvgIpc) is 3.03. The molecule has 0 aliphatic carbocycles. The van der Waals surface area contributed by atoms with Crippen molar-refractivity contribution in [3.8, 4) is 11.4 Å². The molecule has 0 N–H and O–H groups in total. The molecule has 0 saturated carbocycles. The minimum Gasteiger partial charge on any atom is -0.491 e. The van der Waals surface area contributed by atoms with Crippen LogP contribution in [0.5, 0.6) is 5.75 Å². The van der Waals surface area contributed by atoms with Gasteiger partial charge in [0.1, 0.15) is 23.7 Å². The summed E-state index contributed by atoms with van der Waals surface area (Å²) < 4.78 is 12.6. The Kier molecular flexibility index (Phi) is 7.26. The van der Waals surface area contributed by atoms with E-state index in [1.807, 2.05) is 51.9 Å². The molecule has 0 radical (unpaired) electrons. The molecule has 0 aliphatic heterocycles. The minimum absolute atomic E-state index is 0.286. The lowest BCUT2D eigenvalue weighted by Gasteiger charge is -2.24. The zero-order valence-electron chi connectivity index (χ0n) is 17.3. The number of nitrogens with zero attached hydrogens (tertiary/aromatic N) is 5. The third-order valence-electron chi connectivity index (χ3n) is 3.62. The summed E-state index contributed by atoms with van der Waals surface area (Å²) in [7, 11) is 5.62. The first-order valence-corrected chi connectivity index (χ1v) is 9.36. The fourth-order valence-electron chi connectivity index (χ4n) is 2.23. The van der Waals surface area contributed by atoms with Crippen LogP contribution in [0.2, 0.25) is 5.02 Å². The van der Waals surface area contributed by atoms with Gasteiger partial charge in [0, 0.05) is 13.6 Å². The highest BCUT2D eigenvalue weighted by molar-refractivity contribution is 6.32. The van der Waals surface area contributed by atoms with Crippen molar-refractivity contribution < 1.29 is 14.3 Å². The first-order valence-electron chi connectivity index (χ1n) is 8.98. The first-order chi connectivity index (χ1) is 13.0. The Morgan fingerprint density at radius 3 is 2.57 bits per heavy atom. The molecule has 9 heteroatoms. The molecule has 1 aromatic heterocycles. The molecule has 1 amide bonds. The summed E-state index contributed by atoms with van der Waals surface area (Å²) in [4.78, 5) is 15.6. The molecule has 0 unspecified atom stereocenters. The number of hydrogen-bond acceptors (Lipinski definition) is 6. The highest BCUT2D eigenvalue weighted by Crippen LogP contribution is 2.27. The molecule has 2 aromatic rings. The third kappa shape index (κ3) is 6.69. The SMILES string of the molecule is CN(C)CCOc1ccc(-n2cc(CN(C)C(=O)OC(C)(C)C)nn2)cc1Cl. The highest BCUT2D eigenvalue weighted by atomic mass is 35.5. The lowest BCUT2D eigenvalue weighted by atomic mass is 10.2. The zero-order valence-corrected chi connectivity index (χ0v) is 18.0. The van der Waals surface area contributed by atoms with Crippen LogP contribution in [-0.2, 0) is 11.3 Å². The molecule has 0 spiro atoms. The largest absolute Gasteiger partial charge is 0.491 e. The number of halogens is 1. The van der Waals surface area contributed by atoms with E-state index < -0.39 is 11.7 Å². The van der Waals surface area contributed by atoms with Gasteiger partial charge in [0.15, 0.2) is 0 Å². The topological polar surface area (TPSA) is 72.7 Å². The minimum atomic E-state index is -0.546. The Labute approximate surface area is 171 Å². The van der Waals surface area contributed by atoms with Crippen molar-refractivity contribution in [1.29, 1.82) is 0 Å². The van der Waals surface area contributed by atoms with E-state index in [1.165, 1.54) is 4.90 Å². The quantitative estimate of drug-likeness (QED) is 0.699. The molecule has 1 aromatic carbocycles. The van der Waals surface area contributed by atoms with E-state index in [0.717, 1.165) is 12.2 Å². The van der Waals surface area contributed by atoms with Gasteiger partial charge in [-0.05, 0) is 53.1 Å². The summed E-state index contributed by atoms with van der Waals surface area (Å²) in [5.74, 6) is 0.622. The van der Waals surface area contributed by atoms with Crippen molar-refractivity contribution in [2.24, 2.45) is 0 Å². The molecule has 28 heavy (non-hydrogen) atoms. The lowest BCUT2D eigenvalue weighted by molar-refractivity contribution is 0.0283. The Morgan fingerprint density at radius 2 is 1.96 bits per heavy atom. The molecule has 0 fully saturated rings. The van der Waals surface area contributed by atoms with E-state index in [1.54, 1.807) is 24.0 Å². The number of carbonyl (C=O) groups is 1. The number of benzene rings is 1. The van der Waals surface area contributed by atoms with Gasteiger partial charge < -0.3 is 19.3 Å². The Bertz CT molecular complexity index is 801. The van der Waals surface area contributed by atoms with Gasteiger partial charge in [-0.3, -0.25) is 0 Å². The number of carbonyl (C=O) groups excluding carboxylic acids is 1. The van der Waals surface area contributed by atoms with Crippen molar-refractivity contribution in [3.05, 3.63) is 35.1 Å². The fraction of sp³-hybridized carbons (Fsp3) is 0.526. The molecule has 0 aliphatic rings. The second-order valence-corrected chi connectivity index (χ2v) is 8.16. The van der Waals surface area contributed by atoms with Crippen molar-refractivity contribution >= 4 is 17.7 Å². The van der Waals surface area contributed by atoms with E-state index in [0.29, 0.717) is 23.1 Å². The van der Waals surface area contributed by atoms with E-state index in [9.17, 15) is 4.79 Å². The highest BCUT2D eigenvalue weighted by Gasteiger charge is 2.20. The van der Waals surface area contributed by atoms with Crippen LogP contribution < -0.4 is 4.74 Å². The summed E-state index contributed by atoms with van der Waals surface area (Å²) in [5, 5.41) is 8.73. The van der Waals surface area contributed by atoms with Gasteiger partial charge in [-0.1, -0.05) is 16.8 Å². The maximum Gasteiger partial charge on any atom is 0.410 e. The normalized spacial score (nSPS) is 11.6. The van der Waals surface area contributed by atoms with Crippen molar-refractivity contribution in [1.82, 2.24) is 24.8 Å². The monoisotopic (exact) mass is 409 g/mol. The molecule has 8 nitrogen and oxygen atoms in total. The summed E-state index contributed by atoms with van der Waals surface area (Å²) in [6.07, 6.45) is 1.34. The maximum atomic E-state index is 12.1. The predicted octanol–water partition coefficient (Wildman–Crippen LogP) is 3.23. The summed E-state index contributed by atoms with van der Waals surface area (Å²) >= 11 is 6.32. The van der Waals surface area contributed by atoms with Crippen LogP contribution >= 0.6 is 11.6 Å². The zero-order chi connectivity index (χ0) is 20.9. The second-order valence-electron chi connectivity index (χ2n) is 7.76. The number of aromatic nitrogens is 3. The number of likely N-dealkylation sites (N-methyl/N-ethyl adjacent to an activating group) is 1. The molecule has 0 atom stereocenters. The Balaban J connectivity index is 2.01. The standard InChI is InChI=1S/C19H28ClN5O3/c1-19(2,3)28-18(26)24(6)12-14-13-25(22-21-14)15-7-8-17(16(20)11-15)27-10-9-23(4)5/h7-8,11,13H,9-10,12H2,1-6H3. The number of hydrogen-bond donors (Lipinski definition) is 0. The van der Waals surface area contributed by atoms with Crippen molar-refractivity contribution in [2.75, 3.05) is 34.3 Å². The third-order valence-corrected chi connectivity index (χ3v) is 3.92. The molecule has 0 saturated heterocycles. The Hall–Kier alpha value is -2.32. The Morgan fingerprint density at radius 1 is 1.25 bits per heavy atom. The van der Waals surface area contributed by atoms with Crippen LogP contribution in [0, 0.1) is 0 Å². The molecular formula is C19H28ClN5O3. The predicted molar refractivity (Wildman–Crippen MR) is 108 cm³/mol. The van der Waals surface area contributed by atoms with E-state index >= 15 is 0 Å². The van der Waals surface area contributed by atoms with Gasteiger partial charge in [0.2, 0.25) is 0 Å². The van der Waals surface area contributed by atoms with Gasteiger partial charge in [0.05, 0.1) is 23.5 Å². The van der Waals surface area contributed by atoms with Crippen LogP contribution in [-0.4, -0.2) is 70.8 Å². The smallest absolute Gasteiger partial charge is 0.410 e. The number of rotatable bonds is 7. The number of ether oxygens (including phenoxy) is 2. The van der Waals surface area contributed by atoms with E-state index in [-0.39, 0.29) is 6.54 Å². The molecule has 1 heterocycles. The van der Waals surface area contributed by atoms with E-state index in [4.69, 9.17) is 21.1 Å². The molecule has 2 rings (SSSR count). The van der Waals surface area contributed by atoms with Crippen LogP contribution in [0.3, 0.4) is 0 Å². The van der Waals surface area contributed by atoms with Crippen molar-refractivity contribution in [2.45, 2.75) is 32.9 Å². The molecule has 154 valence electrons. The molecular weight excluding hydrogens is 382 g/mol. The fourth-order valence-corrected chi connectivity index (χ4v) is 2.46. The van der Waals surface area contributed by atoms with Crippen LogP contribution in [0.15, 0.2) is 24.4 Å². The van der Waals surface area contributed by atoms with Gasteiger partial charge >= 0.3 is 6.09 Å². The summed E-state index contributed by atoms with van der Waals surface area (Å²) in [6.45, 7) is 7.12. The number of amides is 1. The average molecular weight is 410 g/mol. The maximum absolute atomic E-state index is 12.1. The van der Waals surface area contributed by atoms with Gasteiger partial charge in [-0.25, -0.2) is 9.48 Å². The van der Waals surface area contributed by atoms with E-state index in [2.05, 4.69) is 10.3 Å². The second kappa shape index (κ2) is 9.25. The van der Waals surface area contributed by atoms with Crippen LogP contribution in [0.1, 0.15) is 26.5 Å². The summed E-state index contributed by atoms with van der Waals surface area (Å²) in [5.41, 5.74) is 0.843. The van der Waals surface area contributed by atoms with Gasteiger partial charge in [-0.2, -0.15) is 0 Å².